The first-order chi connectivity index (χ1) is 6.29. The van der Waals surface area contributed by atoms with E-state index < -0.39 is 0 Å². The first-order valence-electron chi connectivity index (χ1n) is 4.14. The molecule has 1 fully saturated rings. The van der Waals surface area contributed by atoms with Crippen molar-refractivity contribution in [1.29, 1.82) is 0 Å². The molecule has 1 N–H and O–H groups in total. The summed E-state index contributed by atoms with van der Waals surface area (Å²) in [4.78, 5) is 2.06. The maximum Gasteiger partial charge on any atom is 0.151 e. The van der Waals surface area contributed by atoms with Gasteiger partial charge in [-0.2, -0.15) is 0 Å². The lowest BCUT2D eigenvalue weighted by molar-refractivity contribution is 0.200. The molecule has 2 rings (SSSR count). The maximum atomic E-state index is 8.81. The van der Waals surface area contributed by atoms with Crippen molar-refractivity contribution in [2.24, 2.45) is 5.92 Å². The van der Waals surface area contributed by atoms with Crippen LogP contribution >= 0.6 is 11.6 Å². The summed E-state index contributed by atoms with van der Waals surface area (Å²) in [6.45, 7) is 1.96. The van der Waals surface area contributed by atoms with Crippen molar-refractivity contribution >= 4 is 17.4 Å². The Hall–Kier alpha value is -0.870. The van der Waals surface area contributed by atoms with Crippen molar-refractivity contribution in [3.63, 3.8) is 0 Å². The summed E-state index contributed by atoms with van der Waals surface area (Å²) in [5.41, 5.74) is 0. The summed E-state index contributed by atoms with van der Waals surface area (Å²) >= 11 is 5.60. The molecule has 0 radical (unpaired) electrons. The molecule has 1 saturated heterocycles. The molecule has 70 valence electrons. The zero-order valence-corrected chi connectivity index (χ0v) is 7.78. The van der Waals surface area contributed by atoms with Crippen molar-refractivity contribution in [3.05, 3.63) is 17.3 Å². The Kier molecular flexibility index (Phi) is 2.33. The second-order valence-electron chi connectivity index (χ2n) is 3.17. The minimum atomic E-state index is 0.248. The molecule has 5 heteroatoms. The van der Waals surface area contributed by atoms with Crippen LogP contribution in [0, 0.1) is 5.92 Å². The number of rotatable bonds is 2. The van der Waals surface area contributed by atoms with E-state index in [0.29, 0.717) is 11.1 Å². The quantitative estimate of drug-likeness (QED) is 0.756. The summed E-state index contributed by atoms with van der Waals surface area (Å²) in [5, 5.41) is 16.9. The van der Waals surface area contributed by atoms with Crippen LogP contribution in [0.4, 0.5) is 5.82 Å². The van der Waals surface area contributed by atoms with Gasteiger partial charge in [0.05, 0.1) is 0 Å². The van der Waals surface area contributed by atoms with Crippen molar-refractivity contribution in [3.8, 4) is 0 Å². The van der Waals surface area contributed by atoms with Gasteiger partial charge in [-0.15, -0.1) is 10.2 Å². The van der Waals surface area contributed by atoms with E-state index in [9.17, 15) is 0 Å². The lowest BCUT2D eigenvalue weighted by Gasteiger charge is -2.38. The van der Waals surface area contributed by atoms with Crippen LogP contribution in [0.5, 0.6) is 0 Å². The number of halogens is 1. The molecule has 0 unspecified atom stereocenters. The van der Waals surface area contributed by atoms with Gasteiger partial charge in [-0.3, -0.25) is 0 Å². The monoisotopic (exact) mass is 199 g/mol. The van der Waals surface area contributed by atoms with Gasteiger partial charge in [-0.1, -0.05) is 11.6 Å². The fraction of sp³-hybridized carbons (Fsp3) is 0.500. The van der Waals surface area contributed by atoms with E-state index >= 15 is 0 Å². The molecule has 1 aromatic heterocycles. The predicted octanol–water partition coefficient (Wildman–Crippen LogP) is 0.558. The molecule has 0 amide bonds. The van der Waals surface area contributed by atoms with Gasteiger partial charge in [0.25, 0.3) is 0 Å². The fourth-order valence-electron chi connectivity index (χ4n) is 1.35. The molecule has 1 aliphatic heterocycles. The molecule has 0 aromatic carbocycles. The third-order valence-corrected chi connectivity index (χ3v) is 2.36. The van der Waals surface area contributed by atoms with Crippen LogP contribution in [0.2, 0.25) is 5.15 Å². The lowest BCUT2D eigenvalue weighted by Crippen LogP contribution is -2.48. The van der Waals surface area contributed by atoms with Gasteiger partial charge >= 0.3 is 0 Å². The average Bonchev–Trinajstić information content (AvgIpc) is 2.06. The summed E-state index contributed by atoms with van der Waals surface area (Å²) in [6.07, 6.45) is 0. The van der Waals surface area contributed by atoms with E-state index in [1.807, 2.05) is 6.07 Å². The Balaban J connectivity index is 1.99. The third-order valence-electron chi connectivity index (χ3n) is 2.16. The highest BCUT2D eigenvalue weighted by Crippen LogP contribution is 2.21. The van der Waals surface area contributed by atoms with Crippen molar-refractivity contribution in [2.75, 3.05) is 24.6 Å². The zero-order chi connectivity index (χ0) is 9.26. The Morgan fingerprint density at radius 3 is 2.77 bits per heavy atom. The molecule has 0 aliphatic carbocycles. The molecule has 1 aromatic rings. The minimum Gasteiger partial charge on any atom is -0.396 e. The van der Waals surface area contributed by atoms with Gasteiger partial charge in [0.15, 0.2) is 11.0 Å². The average molecular weight is 200 g/mol. The maximum absolute atomic E-state index is 8.81. The SMILES string of the molecule is OCC1CN(c2ccc(Cl)nn2)C1. The van der Waals surface area contributed by atoms with Gasteiger partial charge in [-0.25, -0.2) is 0 Å². The van der Waals surface area contributed by atoms with Gasteiger partial charge < -0.3 is 10.0 Å². The Labute approximate surface area is 81.2 Å². The van der Waals surface area contributed by atoms with Crippen molar-refractivity contribution < 1.29 is 5.11 Å². The number of aliphatic hydroxyl groups excluding tert-OH is 1. The molecule has 0 atom stereocenters. The van der Waals surface area contributed by atoms with Gasteiger partial charge in [0.1, 0.15) is 0 Å². The van der Waals surface area contributed by atoms with Crippen LogP contribution in [0.1, 0.15) is 0 Å². The molecule has 0 bridgehead atoms. The van der Waals surface area contributed by atoms with Crippen LogP contribution in [-0.4, -0.2) is 35.0 Å². The van der Waals surface area contributed by atoms with Crippen LogP contribution in [0.15, 0.2) is 12.1 Å². The van der Waals surface area contributed by atoms with E-state index in [1.54, 1.807) is 6.07 Å². The highest BCUT2D eigenvalue weighted by molar-refractivity contribution is 6.29. The highest BCUT2D eigenvalue weighted by atomic mass is 35.5. The van der Waals surface area contributed by atoms with Gasteiger partial charge in [0, 0.05) is 25.6 Å². The van der Waals surface area contributed by atoms with Gasteiger partial charge in [0.2, 0.25) is 0 Å². The molecule has 4 nitrogen and oxygen atoms in total. The number of hydrogen-bond donors (Lipinski definition) is 1. The fourth-order valence-corrected chi connectivity index (χ4v) is 1.45. The highest BCUT2D eigenvalue weighted by Gasteiger charge is 2.26. The number of anilines is 1. The van der Waals surface area contributed by atoms with E-state index in [4.69, 9.17) is 16.7 Å². The van der Waals surface area contributed by atoms with E-state index in [1.165, 1.54) is 0 Å². The normalized spacial score (nSPS) is 17.2. The first kappa shape index (κ1) is 8.72. The second kappa shape index (κ2) is 3.47. The smallest absolute Gasteiger partial charge is 0.151 e. The Morgan fingerprint density at radius 2 is 2.23 bits per heavy atom. The standard InChI is InChI=1S/C8H10ClN3O/c9-7-1-2-8(11-10-7)12-3-6(4-12)5-13/h1-2,6,13H,3-5H2. The molecule has 13 heavy (non-hydrogen) atoms. The summed E-state index contributed by atoms with van der Waals surface area (Å²) in [6, 6.07) is 3.55. The number of hydrogen-bond acceptors (Lipinski definition) is 4. The first-order valence-corrected chi connectivity index (χ1v) is 4.52. The van der Waals surface area contributed by atoms with Crippen LogP contribution in [0.3, 0.4) is 0 Å². The molecule has 0 saturated carbocycles. The topological polar surface area (TPSA) is 49.2 Å². The molecular formula is C8H10ClN3O. The number of aromatic nitrogens is 2. The largest absolute Gasteiger partial charge is 0.396 e. The number of aliphatic hydroxyl groups is 1. The molecule has 0 spiro atoms. The molecule has 1 aliphatic rings. The summed E-state index contributed by atoms with van der Waals surface area (Å²) < 4.78 is 0. The summed E-state index contributed by atoms with van der Waals surface area (Å²) in [5.74, 6) is 1.21. The van der Waals surface area contributed by atoms with Gasteiger partial charge in [-0.05, 0) is 12.1 Å². The zero-order valence-electron chi connectivity index (χ0n) is 7.02. The summed E-state index contributed by atoms with van der Waals surface area (Å²) in [7, 11) is 0. The van der Waals surface area contributed by atoms with Crippen LogP contribution < -0.4 is 4.90 Å². The van der Waals surface area contributed by atoms with Crippen LogP contribution in [-0.2, 0) is 0 Å². The molecular weight excluding hydrogens is 190 g/mol. The lowest BCUT2D eigenvalue weighted by atomic mass is 10.0. The van der Waals surface area contributed by atoms with E-state index in [0.717, 1.165) is 18.9 Å². The third kappa shape index (κ3) is 1.73. The minimum absolute atomic E-state index is 0.248. The Bertz CT molecular complexity index is 284. The predicted molar refractivity (Wildman–Crippen MR) is 49.8 cm³/mol. The van der Waals surface area contributed by atoms with Crippen molar-refractivity contribution in [2.45, 2.75) is 0 Å². The molecule has 2 heterocycles. The van der Waals surface area contributed by atoms with E-state index in [-0.39, 0.29) is 6.61 Å². The van der Waals surface area contributed by atoms with Crippen molar-refractivity contribution in [1.82, 2.24) is 10.2 Å². The number of nitrogens with zero attached hydrogens (tertiary/aromatic N) is 3. The Morgan fingerprint density at radius 1 is 1.46 bits per heavy atom. The van der Waals surface area contributed by atoms with Crippen LogP contribution in [0.25, 0.3) is 0 Å². The second-order valence-corrected chi connectivity index (χ2v) is 3.56. The van der Waals surface area contributed by atoms with E-state index in [2.05, 4.69) is 15.1 Å².